The van der Waals surface area contributed by atoms with Gasteiger partial charge in [-0.05, 0) is 19.4 Å². The Labute approximate surface area is 109 Å². The number of hydrogen-bond acceptors (Lipinski definition) is 5. The Kier molecular flexibility index (Phi) is 3.76. The van der Waals surface area contributed by atoms with E-state index in [9.17, 15) is 4.79 Å². The predicted molar refractivity (Wildman–Crippen MR) is 72.3 cm³/mol. The summed E-state index contributed by atoms with van der Waals surface area (Å²) in [6.45, 7) is 2.72. The second kappa shape index (κ2) is 5.30. The number of carbonyl (C=O) groups is 1. The molecule has 2 aromatic heterocycles. The summed E-state index contributed by atoms with van der Waals surface area (Å²) < 4.78 is 0. The van der Waals surface area contributed by atoms with Gasteiger partial charge in [-0.3, -0.25) is 4.79 Å². The quantitative estimate of drug-likeness (QED) is 0.898. The Hall–Kier alpha value is -1.69. The average Bonchev–Trinajstić information content (AvgIpc) is 2.67. The molecule has 0 amide bonds. The fourth-order valence-electron chi connectivity index (χ4n) is 1.84. The fraction of sp³-hybridized carbons (Fsp3) is 0.417. The van der Waals surface area contributed by atoms with Crippen molar-refractivity contribution in [2.24, 2.45) is 0 Å². The number of rotatable bonds is 5. The first-order valence-corrected chi connectivity index (χ1v) is 6.53. The lowest BCUT2D eigenvalue weighted by molar-refractivity contribution is -0.137. The summed E-state index contributed by atoms with van der Waals surface area (Å²) >= 11 is 1.64. The summed E-state index contributed by atoms with van der Waals surface area (Å²) in [7, 11) is 1.93. The molecule has 0 radical (unpaired) electrons. The fourth-order valence-corrected chi connectivity index (χ4v) is 2.68. The normalized spacial score (nSPS) is 10.8. The van der Waals surface area contributed by atoms with Gasteiger partial charge in [-0.1, -0.05) is 0 Å². The van der Waals surface area contributed by atoms with Crippen LogP contribution in [-0.4, -0.2) is 34.6 Å². The van der Waals surface area contributed by atoms with Crippen LogP contribution in [0.1, 0.15) is 17.7 Å². The van der Waals surface area contributed by atoms with Gasteiger partial charge in [-0.25, -0.2) is 9.97 Å². The third kappa shape index (κ3) is 2.76. The predicted octanol–water partition coefficient (Wildman–Crippen LogP) is 2.30. The third-order valence-corrected chi connectivity index (χ3v) is 3.64. The Balaban J connectivity index is 2.16. The van der Waals surface area contributed by atoms with E-state index < -0.39 is 5.97 Å². The molecule has 0 unspecified atom stereocenters. The van der Waals surface area contributed by atoms with Gasteiger partial charge in [0.2, 0.25) is 0 Å². The van der Waals surface area contributed by atoms with Crippen LogP contribution in [0.5, 0.6) is 0 Å². The van der Waals surface area contributed by atoms with E-state index in [1.54, 1.807) is 17.7 Å². The molecule has 6 heteroatoms. The summed E-state index contributed by atoms with van der Waals surface area (Å²) in [6.07, 6.45) is 2.35. The zero-order valence-corrected chi connectivity index (χ0v) is 11.2. The molecule has 2 heterocycles. The van der Waals surface area contributed by atoms with E-state index in [4.69, 9.17) is 5.11 Å². The summed E-state index contributed by atoms with van der Waals surface area (Å²) in [5.74, 6) is 0.109. The number of aromatic nitrogens is 2. The first-order valence-electron chi connectivity index (χ1n) is 5.72. The minimum atomic E-state index is -0.761. The highest BCUT2D eigenvalue weighted by Gasteiger charge is 2.11. The van der Waals surface area contributed by atoms with Gasteiger partial charge in [0.05, 0.1) is 5.39 Å². The van der Waals surface area contributed by atoms with E-state index in [-0.39, 0.29) is 6.42 Å². The molecular formula is C12H15N3O2S. The van der Waals surface area contributed by atoms with E-state index >= 15 is 0 Å². The summed E-state index contributed by atoms with van der Waals surface area (Å²) in [5, 5.41) is 9.67. The van der Waals surface area contributed by atoms with Gasteiger partial charge in [-0.2, -0.15) is 0 Å². The van der Waals surface area contributed by atoms with E-state index in [2.05, 4.69) is 16.0 Å². The molecule has 1 N–H and O–H groups in total. The van der Waals surface area contributed by atoms with Crippen LogP contribution in [0, 0.1) is 6.92 Å². The molecule has 2 rings (SSSR count). The maximum absolute atomic E-state index is 10.5. The lowest BCUT2D eigenvalue weighted by atomic mass is 10.3. The van der Waals surface area contributed by atoms with Crippen LogP contribution >= 0.6 is 11.3 Å². The molecule has 18 heavy (non-hydrogen) atoms. The SMILES string of the molecule is Cc1cc2c(N(C)CCCC(=O)O)ncnc2s1. The lowest BCUT2D eigenvalue weighted by Crippen LogP contribution is -2.20. The zero-order valence-electron chi connectivity index (χ0n) is 10.4. The molecule has 96 valence electrons. The smallest absolute Gasteiger partial charge is 0.303 e. The first-order chi connectivity index (χ1) is 8.58. The highest BCUT2D eigenvalue weighted by molar-refractivity contribution is 7.18. The van der Waals surface area contributed by atoms with Crippen molar-refractivity contribution in [3.63, 3.8) is 0 Å². The molecule has 0 bridgehead atoms. The minimum Gasteiger partial charge on any atom is -0.481 e. The van der Waals surface area contributed by atoms with Crippen molar-refractivity contribution in [3.8, 4) is 0 Å². The molecule has 0 saturated heterocycles. The number of thiophene rings is 1. The van der Waals surface area contributed by atoms with E-state index in [1.165, 1.54) is 4.88 Å². The minimum absolute atomic E-state index is 0.182. The van der Waals surface area contributed by atoms with Crippen molar-refractivity contribution in [2.75, 3.05) is 18.5 Å². The number of carboxylic acid groups (broad SMARTS) is 1. The monoisotopic (exact) mass is 265 g/mol. The highest BCUT2D eigenvalue weighted by Crippen LogP contribution is 2.29. The molecule has 0 fully saturated rings. The molecule has 0 aliphatic carbocycles. The second-order valence-corrected chi connectivity index (χ2v) is 5.43. The Bertz CT molecular complexity index is 567. The van der Waals surface area contributed by atoms with Gasteiger partial charge in [0.25, 0.3) is 0 Å². The first kappa shape index (κ1) is 12.8. The van der Waals surface area contributed by atoms with Crippen LogP contribution in [0.3, 0.4) is 0 Å². The van der Waals surface area contributed by atoms with Crippen molar-refractivity contribution in [2.45, 2.75) is 19.8 Å². The number of fused-ring (bicyclic) bond motifs is 1. The topological polar surface area (TPSA) is 66.3 Å². The Morgan fingerprint density at radius 3 is 3.00 bits per heavy atom. The zero-order chi connectivity index (χ0) is 13.1. The molecule has 5 nitrogen and oxygen atoms in total. The maximum atomic E-state index is 10.5. The summed E-state index contributed by atoms with van der Waals surface area (Å²) in [4.78, 5) is 23.2. The van der Waals surface area contributed by atoms with Crippen molar-refractivity contribution in [1.82, 2.24) is 9.97 Å². The summed E-state index contributed by atoms with van der Waals surface area (Å²) in [6, 6.07) is 2.07. The molecule has 0 saturated carbocycles. The number of carboxylic acids is 1. The van der Waals surface area contributed by atoms with Crippen LogP contribution in [0.4, 0.5) is 5.82 Å². The van der Waals surface area contributed by atoms with Crippen molar-refractivity contribution >= 4 is 33.3 Å². The van der Waals surface area contributed by atoms with Gasteiger partial charge >= 0.3 is 5.97 Å². The standard InChI is InChI=1S/C12H15N3O2S/c1-8-6-9-11(13-7-14-12(9)18-8)15(2)5-3-4-10(16)17/h6-7H,3-5H2,1-2H3,(H,16,17). The molecule has 0 aliphatic heterocycles. The number of nitrogens with zero attached hydrogens (tertiary/aromatic N) is 3. The van der Waals surface area contributed by atoms with E-state index in [1.807, 2.05) is 18.9 Å². The molecule has 0 aliphatic rings. The molecule has 0 atom stereocenters. The van der Waals surface area contributed by atoms with Crippen LogP contribution in [0.25, 0.3) is 10.2 Å². The van der Waals surface area contributed by atoms with Gasteiger partial charge in [0, 0.05) is 24.9 Å². The summed E-state index contributed by atoms with van der Waals surface area (Å²) in [5.41, 5.74) is 0. The third-order valence-electron chi connectivity index (χ3n) is 2.68. The number of hydrogen-bond donors (Lipinski definition) is 1. The second-order valence-electron chi connectivity index (χ2n) is 4.19. The molecule has 2 aromatic rings. The van der Waals surface area contributed by atoms with E-state index in [0.29, 0.717) is 13.0 Å². The van der Waals surface area contributed by atoms with Gasteiger partial charge < -0.3 is 10.0 Å². The lowest BCUT2D eigenvalue weighted by Gasteiger charge is -2.17. The van der Waals surface area contributed by atoms with Crippen molar-refractivity contribution < 1.29 is 9.90 Å². The number of aryl methyl sites for hydroxylation is 1. The van der Waals surface area contributed by atoms with Crippen LogP contribution in [-0.2, 0) is 4.79 Å². The highest BCUT2D eigenvalue weighted by atomic mass is 32.1. The average molecular weight is 265 g/mol. The van der Waals surface area contributed by atoms with Crippen LogP contribution in [0.2, 0.25) is 0 Å². The number of aliphatic carboxylic acids is 1. The van der Waals surface area contributed by atoms with Gasteiger partial charge in [0.1, 0.15) is 17.0 Å². The maximum Gasteiger partial charge on any atom is 0.303 e. The molecular weight excluding hydrogens is 250 g/mol. The van der Waals surface area contributed by atoms with Crippen LogP contribution in [0.15, 0.2) is 12.4 Å². The molecule has 0 spiro atoms. The van der Waals surface area contributed by atoms with Crippen molar-refractivity contribution in [3.05, 3.63) is 17.3 Å². The Morgan fingerprint density at radius 2 is 2.28 bits per heavy atom. The van der Waals surface area contributed by atoms with Gasteiger partial charge in [0.15, 0.2) is 0 Å². The van der Waals surface area contributed by atoms with E-state index in [0.717, 1.165) is 16.0 Å². The largest absolute Gasteiger partial charge is 0.481 e. The number of anilines is 1. The Morgan fingerprint density at radius 1 is 1.50 bits per heavy atom. The van der Waals surface area contributed by atoms with Gasteiger partial charge in [-0.15, -0.1) is 11.3 Å². The van der Waals surface area contributed by atoms with Crippen molar-refractivity contribution in [1.29, 1.82) is 0 Å². The van der Waals surface area contributed by atoms with Crippen LogP contribution < -0.4 is 4.90 Å². The molecule has 0 aromatic carbocycles.